The van der Waals surface area contributed by atoms with Crippen LogP contribution < -0.4 is 4.74 Å². The lowest BCUT2D eigenvalue weighted by Crippen LogP contribution is -2.12. The lowest BCUT2D eigenvalue weighted by molar-refractivity contribution is -0.142. The van der Waals surface area contributed by atoms with Gasteiger partial charge in [-0.3, -0.25) is 4.79 Å². The third kappa shape index (κ3) is 3.61. The smallest absolute Gasteiger partial charge is 0.310 e. The highest BCUT2D eigenvalue weighted by Crippen LogP contribution is 2.27. The quantitative estimate of drug-likeness (QED) is 0.765. The van der Waals surface area contributed by atoms with E-state index in [4.69, 9.17) is 10.00 Å². The van der Waals surface area contributed by atoms with E-state index in [1.807, 2.05) is 0 Å². The molecule has 0 radical (unpaired) electrons. The SMILES string of the molecule is CCOC(=O)Cc1c(C#N)cc(OC)nc1C(F)F. The second-order valence-electron chi connectivity index (χ2n) is 3.47. The van der Waals surface area contributed by atoms with Crippen LogP contribution in [0, 0.1) is 11.3 Å². The molecule has 5 nitrogen and oxygen atoms in total. The molecule has 0 aliphatic carbocycles. The molecule has 0 aliphatic rings. The number of aromatic nitrogens is 1. The molecular formula is C12H12F2N2O3. The van der Waals surface area contributed by atoms with Gasteiger partial charge in [0.05, 0.1) is 31.8 Å². The standard InChI is InChI=1S/C12H12F2N2O3/c1-3-19-10(17)5-8-7(6-15)4-9(18-2)16-11(8)12(13)14/h4,12H,3,5H2,1-2H3. The minimum atomic E-state index is -2.91. The van der Waals surface area contributed by atoms with Crippen molar-refractivity contribution in [3.63, 3.8) is 0 Å². The minimum absolute atomic E-state index is 0.0739. The average molecular weight is 270 g/mol. The van der Waals surface area contributed by atoms with Gasteiger partial charge in [0.25, 0.3) is 6.43 Å². The zero-order valence-corrected chi connectivity index (χ0v) is 10.4. The molecule has 7 heteroatoms. The number of methoxy groups -OCH3 is 1. The van der Waals surface area contributed by atoms with Crippen molar-refractivity contribution in [2.75, 3.05) is 13.7 Å². The molecule has 1 heterocycles. The molecule has 1 aromatic heterocycles. The van der Waals surface area contributed by atoms with E-state index >= 15 is 0 Å². The van der Waals surface area contributed by atoms with Gasteiger partial charge in [-0.25, -0.2) is 13.8 Å². The average Bonchev–Trinajstić information content (AvgIpc) is 2.38. The zero-order valence-electron chi connectivity index (χ0n) is 10.4. The van der Waals surface area contributed by atoms with Crippen LogP contribution in [-0.2, 0) is 16.0 Å². The molecule has 0 N–H and O–H groups in total. The van der Waals surface area contributed by atoms with Crippen LogP contribution >= 0.6 is 0 Å². The van der Waals surface area contributed by atoms with E-state index in [-0.39, 0.29) is 23.6 Å². The van der Waals surface area contributed by atoms with Gasteiger partial charge in [0.1, 0.15) is 5.69 Å². The second kappa shape index (κ2) is 6.64. The minimum Gasteiger partial charge on any atom is -0.481 e. The highest BCUT2D eigenvalue weighted by molar-refractivity contribution is 5.74. The van der Waals surface area contributed by atoms with Crippen LogP contribution in [0.2, 0.25) is 0 Å². The number of carbonyl (C=O) groups is 1. The fourth-order valence-corrected chi connectivity index (χ4v) is 1.49. The highest BCUT2D eigenvalue weighted by Gasteiger charge is 2.22. The van der Waals surface area contributed by atoms with Gasteiger partial charge in [0.2, 0.25) is 5.88 Å². The summed E-state index contributed by atoms with van der Waals surface area (Å²) in [6.07, 6.45) is -3.33. The number of nitrogens with zero attached hydrogens (tertiary/aromatic N) is 2. The Morgan fingerprint density at radius 2 is 2.26 bits per heavy atom. The monoisotopic (exact) mass is 270 g/mol. The van der Waals surface area contributed by atoms with E-state index in [9.17, 15) is 13.6 Å². The Hall–Kier alpha value is -2.23. The van der Waals surface area contributed by atoms with Gasteiger partial charge < -0.3 is 9.47 Å². The molecule has 102 valence electrons. The summed E-state index contributed by atoms with van der Waals surface area (Å²) in [5, 5.41) is 8.96. The summed E-state index contributed by atoms with van der Waals surface area (Å²) in [5.41, 5.74) is -0.837. The van der Waals surface area contributed by atoms with Crippen molar-refractivity contribution in [2.24, 2.45) is 0 Å². The third-order valence-corrected chi connectivity index (χ3v) is 2.30. The summed E-state index contributed by atoms with van der Waals surface area (Å²) in [4.78, 5) is 15.0. The maximum Gasteiger partial charge on any atom is 0.310 e. The number of nitriles is 1. The molecule has 1 aromatic rings. The number of hydrogen-bond donors (Lipinski definition) is 0. The van der Waals surface area contributed by atoms with Crippen LogP contribution in [0.4, 0.5) is 8.78 Å². The Morgan fingerprint density at radius 1 is 1.58 bits per heavy atom. The number of carbonyl (C=O) groups excluding carboxylic acids is 1. The fourth-order valence-electron chi connectivity index (χ4n) is 1.49. The summed E-state index contributed by atoms with van der Waals surface area (Å²) in [7, 11) is 1.25. The van der Waals surface area contributed by atoms with Crippen molar-refractivity contribution < 1.29 is 23.0 Å². The molecule has 0 amide bonds. The van der Waals surface area contributed by atoms with E-state index in [0.717, 1.165) is 0 Å². The lowest BCUT2D eigenvalue weighted by atomic mass is 10.0. The second-order valence-corrected chi connectivity index (χ2v) is 3.47. The highest BCUT2D eigenvalue weighted by atomic mass is 19.3. The van der Waals surface area contributed by atoms with Gasteiger partial charge in [0.15, 0.2) is 0 Å². The zero-order chi connectivity index (χ0) is 14.4. The largest absolute Gasteiger partial charge is 0.481 e. The molecule has 0 saturated heterocycles. The predicted molar refractivity (Wildman–Crippen MR) is 60.8 cm³/mol. The molecule has 0 fully saturated rings. The molecule has 0 bridgehead atoms. The first kappa shape index (κ1) is 14.8. The molecule has 0 spiro atoms. The fraction of sp³-hybridized carbons (Fsp3) is 0.417. The van der Waals surface area contributed by atoms with Gasteiger partial charge >= 0.3 is 5.97 Å². The van der Waals surface area contributed by atoms with Crippen molar-refractivity contribution in [3.05, 3.63) is 22.9 Å². The number of pyridine rings is 1. The topological polar surface area (TPSA) is 72.2 Å². The number of alkyl halides is 2. The van der Waals surface area contributed by atoms with Gasteiger partial charge in [0, 0.05) is 11.6 Å². The Balaban J connectivity index is 3.26. The molecule has 1 rings (SSSR count). The van der Waals surface area contributed by atoms with E-state index in [1.54, 1.807) is 13.0 Å². The Bertz CT molecular complexity index is 512. The van der Waals surface area contributed by atoms with Crippen molar-refractivity contribution in [3.8, 4) is 11.9 Å². The normalized spacial score (nSPS) is 10.1. The first-order valence-electron chi connectivity index (χ1n) is 5.45. The van der Waals surface area contributed by atoms with Crippen molar-refractivity contribution in [1.29, 1.82) is 5.26 Å². The summed E-state index contributed by atoms with van der Waals surface area (Å²) >= 11 is 0. The summed E-state index contributed by atoms with van der Waals surface area (Å²) in [6.45, 7) is 1.73. The van der Waals surface area contributed by atoms with E-state index in [0.29, 0.717) is 0 Å². The Morgan fingerprint density at radius 3 is 2.74 bits per heavy atom. The number of esters is 1. The Kier molecular flexibility index (Phi) is 5.18. The van der Waals surface area contributed by atoms with Crippen molar-refractivity contribution >= 4 is 5.97 Å². The molecule has 19 heavy (non-hydrogen) atoms. The van der Waals surface area contributed by atoms with Crippen LogP contribution in [0.3, 0.4) is 0 Å². The number of rotatable bonds is 5. The first-order valence-corrected chi connectivity index (χ1v) is 5.45. The number of ether oxygens (including phenoxy) is 2. The maximum atomic E-state index is 12.9. The molecule has 0 unspecified atom stereocenters. The maximum absolute atomic E-state index is 12.9. The molecular weight excluding hydrogens is 258 g/mol. The lowest BCUT2D eigenvalue weighted by Gasteiger charge is -2.11. The van der Waals surface area contributed by atoms with Gasteiger partial charge in [-0.15, -0.1) is 0 Å². The summed E-state index contributed by atoms with van der Waals surface area (Å²) < 4.78 is 35.3. The number of halogens is 2. The van der Waals surface area contributed by atoms with Crippen LogP contribution in [-0.4, -0.2) is 24.7 Å². The van der Waals surface area contributed by atoms with Crippen molar-refractivity contribution in [1.82, 2.24) is 4.98 Å². The predicted octanol–water partition coefficient (Wildman–Crippen LogP) is 2.01. The summed E-state index contributed by atoms with van der Waals surface area (Å²) in [6, 6.07) is 2.96. The van der Waals surface area contributed by atoms with Gasteiger partial charge in [-0.05, 0) is 6.92 Å². The van der Waals surface area contributed by atoms with E-state index in [2.05, 4.69) is 9.72 Å². The Labute approximate surface area is 108 Å². The van der Waals surface area contributed by atoms with Gasteiger partial charge in [-0.2, -0.15) is 5.26 Å². The molecule has 0 atom stereocenters. The van der Waals surface area contributed by atoms with Crippen LogP contribution in [0.5, 0.6) is 5.88 Å². The summed E-state index contributed by atoms with van der Waals surface area (Å²) in [5.74, 6) is -0.785. The third-order valence-electron chi connectivity index (χ3n) is 2.30. The van der Waals surface area contributed by atoms with Crippen molar-refractivity contribution in [2.45, 2.75) is 19.8 Å². The first-order chi connectivity index (χ1) is 9.03. The number of hydrogen-bond acceptors (Lipinski definition) is 5. The molecule has 0 aliphatic heterocycles. The molecule has 0 saturated carbocycles. The van der Waals surface area contributed by atoms with Crippen LogP contribution in [0.25, 0.3) is 0 Å². The van der Waals surface area contributed by atoms with Crippen LogP contribution in [0.15, 0.2) is 6.07 Å². The van der Waals surface area contributed by atoms with Gasteiger partial charge in [-0.1, -0.05) is 0 Å². The van der Waals surface area contributed by atoms with E-state index in [1.165, 1.54) is 13.2 Å². The molecule has 0 aromatic carbocycles. The van der Waals surface area contributed by atoms with Crippen LogP contribution in [0.1, 0.15) is 30.2 Å². The van der Waals surface area contributed by atoms with E-state index < -0.39 is 24.5 Å².